The van der Waals surface area contributed by atoms with Gasteiger partial charge in [-0.15, -0.1) is 0 Å². The van der Waals surface area contributed by atoms with Crippen LogP contribution in [0.3, 0.4) is 0 Å². The molecule has 0 fully saturated rings. The SMILES string of the molecule is CCCCCCCCCCCCCCCCCCN(CCCCCCCCCCCCCCCCCC)S(=O)(=O)Cl. The largest absolute Gasteiger partial charge is 0.299 e. The molecule has 0 aliphatic heterocycles. The van der Waals surface area contributed by atoms with Gasteiger partial charge in [-0.1, -0.05) is 206 Å². The second-order valence-electron chi connectivity index (χ2n) is 12.9. The van der Waals surface area contributed by atoms with E-state index in [-0.39, 0.29) is 0 Å². The highest BCUT2D eigenvalue weighted by Gasteiger charge is 2.17. The number of halogens is 1. The predicted molar refractivity (Wildman–Crippen MR) is 185 cm³/mol. The lowest BCUT2D eigenvalue weighted by molar-refractivity contribution is 0.390. The summed E-state index contributed by atoms with van der Waals surface area (Å²) >= 11 is 0. The molecule has 0 atom stereocenters. The molecule has 0 N–H and O–H groups in total. The molecule has 0 aromatic carbocycles. The maximum absolute atomic E-state index is 12.0. The van der Waals surface area contributed by atoms with Crippen LogP contribution in [0.25, 0.3) is 0 Å². The molecule has 0 rings (SSSR count). The Bertz CT molecular complexity index is 562. The van der Waals surface area contributed by atoms with Crippen LogP contribution in [0.1, 0.15) is 219 Å². The summed E-state index contributed by atoms with van der Waals surface area (Å²) in [5, 5.41) is 0. The van der Waals surface area contributed by atoms with Crippen molar-refractivity contribution in [3.8, 4) is 0 Å². The Morgan fingerprint density at radius 1 is 0.341 bits per heavy atom. The van der Waals surface area contributed by atoms with Crippen LogP contribution in [-0.2, 0) is 9.24 Å². The summed E-state index contributed by atoms with van der Waals surface area (Å²) in [5.41, 5.74) is 0. The lowest BCUT2D eigenvalue weighted by Gasteiger charge is -2.18. The van der Waals surface area contributed by atoms with Gasteiger partial charge in [0.2, 0.25) is 0 Å². The van der Waals surface area contributed by atoms with Gasteiger partial charge in [0.05, 0.1) is 0 Å². The summed E-state index contributed by atoms with van der Waals surface area (Å²) in [6.45, 7) is 5.74. The fourth-order valence-electron chi connectivity index (χ4n) is 6.00. The van der Waals surface area contributed by atoms with Crippen molar-refractivity contribution in [3.05, 3.63) is 0 Å². The second-order valence-corrected chi connectivity index (χ2v) is 15.5. The second kappa shape index (κ2) is 33.1. The number of nitrogens with zero attached hydrogens (tertiary/aromatic N) is 1. The third-order valence-electron chi connectivity index (χ3n) is 8.83. The summed E-state index contributed by atoms with van der Waals surface area (Å²) in [4.78, 5) is 0. The first-order valence-electron chi connectivity index (χ1n) is 18.7. The highest BCUT2D eigenvalue weighted by atomic mass is 35.7. The van der Waals surface area contributed by atoms with Crippen molar-refractivity contribution in [2.75, 3.05) is 13.1 Å². The van der Waals surface area contributed by atoms with Crippen LogP contribution in [0.5, 0.6) is 0 Å². The molecule has 5 heteroatoms. The van der Waals surface area contributed by atoms with E-state index in [2.05, 4.69) is 13.8 Å². The Labute approximate surface area is 264 Å². The van der Waals surface area contributed by atoms with Gasteiger partial charge in [0.15, 0.2) is 0 Å². The molecule has 0 aromatic heterocycles. The van der Waals surface area contributed by atoms with Crippen LogP contribution >= 0.6 is 10.7 Å². The zero-order valence-electron chi connectivity index (χ0n) is 28.1. The third-order valence-corrected chi connectivity index (χ3v) is 10.4. The number of unbranched alkanes of at least 4 members (excludes halogenated alkanes) is 30. The van der Waals surface area contributed by atoms with E-state index in [1.807, 2.05) is 0 Å². The molecule has 0 saturated heterocycles. The van der Waals surface area contributed by atoms with Crippen LogP contribution < -0.4 is 0 Å². The minimum atomic E-state index is -3.60. The van der Waals surface area contributed by atoms with E-state index in [0.29, 0.717) is 13.1 Å². The van der Waals surface area contributed by atoms with Crippen molar-refractivity contribution in [1.82, 2.24) is 4.31 Å². The highest BCUT2D eigenvalue weighted by Crippen LogP contribution is 2.17. The van der Waals surface area contributed by atoms with Crippen molar-refractivity contribution in [2.45, 2.75) is 219 Å². The van der Waals surface area contributed by atoms with E-state index in [9.17, 15) is 8.42 Å². The first-order chi connectivity index (χ1) is 20.0. The maximum Gasteiger partial charge on any atom is 0.299 e. The smallest absolute Gasteiger partial charge is 0.195 e. The summed E-state index contributed by atoms with van der Waals surface area (Å²) in [6, 6.07) is 0. The van der Waals surface area contributed by atoms with Gasteiger partial charge >= 0.3 is 0 Å². The zero-order valence-corrected chi connectivity index (χ0v) is 29.7. The molecule has 0 heterocycles. The van der Waals surface area contributed by atoms with Gasteiger partial charge in [-0.05, 0) is 12.8 Å². The van der Waals surface area contributed by atoms with E-state index >= 15 is 0 Å². The Hall–Kier alpha value is 0.200. The Balaban J connectivity index is 3.50. The molecule has 0 aromatic rings. The number of hydrogen-bond donors (Lipinski definition) is 0. The van der Waals surface area contributed by atoms with E-state index < -0.39 is 9.24 Å². The van der Waals surface area contributed by atoms with Crippen LogP contribution in [0, 0.1) is 0 Å². The van der Waals surface area contributed by atoms with Gasteiger partial charge in [0, 0.05) is 23.8 Å². The molecular weight excluding hydrogens is 546 g/mol. The average Bonchev–Trinajstić information content (AvgIpc) is 2.95. The van der Waals surface area contributed by atoms with E-state index in [4.69, 9.17) is 10.7 Å². The van der Waals surface area contributed by atoms with Gasteiger partial charge in [0.25, 0.3) is 9.24 Å². The van der Waals surface area contributed by atoms with Gasteiger partial charge < -0.3 is 0 Å². The molecule has 0 amide bonds. The lowest BCUT2D eigenvalue weighted by Crippen LogP contribution is -2.29. The highest BCUT2D eigenvalue weighted by molar-refractivity contribution is 8.11. The molecule has 0 spiro atoms. The molecule has 3 nitrogen and oxygen atoms in total. The van der Waals surface area contributed by atoms with Gasteiger partial charge in [-0.25, -0.2) is 0 Å². The Morgan fingerprint density at radius 3 is 0.683 bits per heavy atom. The summed E-state index contributed by atoms with van der Waals surface area (Å²) in [7, 11) is 2.14. The predicted octanol–water partition coefficient (Wildman–Crippen LogP) is 13.3. The molecule has 0 aliphatic carbocycles. The minimum Gasteiger partial charge on any atom is -0.195 e. The van der Waals surface area contributed by atoms with Crippen LogP contribution in [0.2, 0.25) is 0 Å². The van der Waals surface area contributed by atoms with Crippen molar-refractivity contribution in [3.63, 3.8) is 0 Å². The topological polar surface area (TPSA) is 37.4 Å². The Morgan fingerprint density at radius 2 is 0.512 bits per heavy atom. The van der Waals surface area contributed by atoms with E-state index in [1.54, 1.807) is 0 Å². The normalized spacial score (nSPS) is 12.1. The quantitative estimate of drug-likeness (QED) is 0.0522. The first-order valence-corrected chi connectivity index (χ1v) is 21.0. The van der Waals surface area contributed by atoms with E-state index in [1.165, 1.54) is 184 Å². The maximum atomic E-state index is 12.0. The Kier molecular flexibility index (Phi) is 33.3. The minimum absolute atomic E-state index is 0.586. The molecule has 0 radical (unpaired) electrons. The molecule has 0 bridgehead atoms. The van der Waals surface area contributed by atoms with Gasteiger partial charge in [0.1, 0.15) is 0 Å². The van der Waals surface area contributed by atoms with Crippen molar-refractivity contribution < 1.29 is 8.42 Å². The standard InChI is InChI=1S/C36H74ClNO2S/c1-3-5-7-9-11-13-15-17-19-21-23-25-27-29-31-33-35-38(41(37,39)40)36-34-32-30-28-26-24-22-20-18-16-14-12-10-8-6-4-2/h3-36H2,1-2H3. The van der Waals surface area contributed by atoms with Crippen molar-refractivity contribution >= 4 is 19.9 Å². The van der Waals surface area contributed by atoms with Crippen LogP contribution in [0.4, 0.5) is 0 Å². The van der Waals surface area contributed by atoms with Crippen LogP contribution in [0.15, 0.2) is 0 Å². The van der Waals surface area contributed by atoms with Gasteiger partial charge in [-0.3, -0.25) is 0 Å². The monoisotopic (exact) mass is 620 g/mol. The van der Waals surface area contributed by atoms with Crippen molar-refractivity contribution in [2.24, 2.45) is 0 Å². The summed E-state index contributed by atoms with van der Waals surface area (Å²) in [5.74, 6) is 0. The average molecular weight is 621 g/mol. The number of rotatable bonds is 35. The van der Waals surface area contributed by atoms with Gasteiger partial charge in [-0.2, -0.15) is 12.7 Å². The van der Waals surface area contributed by atoms with Crippen LogP contribution in [-0.4, -0.2) is 25.8 Å². The first kappa shape index (κ1) is 41.2. The van der Waals surface area contributed by atoms with Crippen molar-refractivity contribution in [1.29, 1.82) is 0 Å². The fourth-order valence-corrected chi connectivity index (χ4v) is 7.11. The molecule has 0 saturated carbocycles. The molecule has 0 unspecified atom stereocenters. The molecule has 41 heavy (non-hydrogen) atoms. The zero-order chi connectivity index (χ0) is 30.1. The number of hydrogen-bond acceptors (Lipinski definition) is 2. The molecule has 248 valence electrons. The molecular formula is C36H74ClNO2S. The van der Waals surface area contributed by atoms with E-state index in [0.717, 1.165) is 25.7 Å². The summed E-state index contributed by atoms with van der Waals surface area (Å²) in [6.07, 6.45) is 42.6. The third kappa shape index (κ3) is 32.9. The summed E-state index contributed by atoms with van der Waals surface area (Å²) < 4.78 is 25.5. The lowest BCUT2D eigenvalue weighted by atomic mass is 10.0. The molecule has 0 aliphatic rings. The fraction of sp³-hybridized carbons (Fsp3) is 1.00.